The second kappa shape index (κ2) is 6.44. The Bertz CT molecular complexity index is 822. The quantitative estimate of drug-likeness (QED) is 0.803. The first-order valence-electron chi connectivity index (χ1n) is 7.36. The van der Waals surface area contributed by atoms with E-state index in [1.807, 2.05) is 50.2 Å². The highest BCUT2D eigenvalue weighted by molar-refractivity contribution is 5.94. The molecule has 0 aliphatic carbocycles. The minimum Gasteiger partial charge on any atom is -0.419 e. The molecule has 0 saturated carbocycles. The van der Waals surface area contributed by atoms with Gasteiger partial charge in [-0.3, -0.25) is 4.79 Å². The van der Waals surface area contributed by atoms with Crippen LogP contribution < -0.4 is 5.32 Å². The number of benzene rings is 2. The van der Waals surface area contributed by atoms with Gasteiger partial charge in [0.15, 0.2) is 0 Å². The first kappa shape index (κ1) is 15.0. The van der Waals surface area contributed by atoms with Crippen molar-refractivity contribution in [2.45, 2.75) is 20.4 Å². The molecule has 0 unspecified atom stereocenters. The zero-order valence-corrected chi connectivity index (χ0v) is 13.0. The normalized spacial score (nSPS) is 10.5. The number of nitrogens with zero attached hydrogens (tertiary/aromatic N) is 2. The van der Waals surface area contributed by atoms with Crippen LogP contribution in [0.15, 0.2) is 52.9 Å². The zero-order chi connectivity index (χ0) is 16.2. The van der Waals surface area contributed by atoms with Gasteiger partial charge in [-0.05, 0) is 38.1 Å². The number of rotatable bonds is 4. The minimum absolute atomic E-state index is 0.166. The molecule has 2 aromatic carbocycles. The van der Waals surface area contributed by atoms with E-state index in [4.69, 9.17) is 4.42 Å². The molecule has 0 saturated heterocycles. The van der Waals surface area contributed by atoms with E-state index in [0.717, 1.165) is 16.7 Å². The predicted molar refractivity (Wildman–Crippen MR) is 86.8 cm³/mol. The van der Waals surface area contributed by atoms with Gasteiger partial charge in [0.2, 0.25) is 11.8 Å². The summed E-state index contributed by atoms with van der Waals surface area (Å²) < 4.78 is 5.59. The molecule has 3 aromatic rings. The van der Waals surface area contributed by atoms with Gasteiger partial charge in [-0.1, -0.05) is 35.4 Å². The maximum atomic E-state index is 12.0. The molecule has 0 fully saturated rings. The molecule has 1 aromatic heterocycles. The highest BCUT2D eigenvalue weighted by Gasteiger charge is 2.10. The fourth-order valence-corrected chi connectivity index (χ4v) is 2.18. The topological polar surface area (TPSA) is 68.0 Å². The SMILES string of the molecule is Cc1ccc(C(=O)NCc2nnc(-c3cccc(C)c3)o2)cc1. The molecule has 1 heterocycles. The van der Waals surface area contributed by atoms with Crippen LogP contribution in [0.5, 0.6) is 0 Å². The van der Waals surface area contributed by atoms with Crippen LogP contribution in [0.2, 0.25) is 0 Å². The number of nitrogens with one attached hydrogen (secondary N) is 1. The van der Waals surface area contributed by atoms with Crippen molar-refractivity contribution in [3.63, 3.8) is 0 Å². The van der Waals surface area contributed by atoms with Crippen LogP contribution in [-0.2, 0) is 6.54 Å². The van der Waals surface area contributed by atoms with E-state index in [1.54, 1.807) is 12.1 Å². The molecule has 0 bridgehead atoms. The fraction of sp³-hybridized carbons (Fsp3) is 0.167. The van der Waals surface area contributed by atoms with Crippen LogP contribution >= 0.6 is 0 Å². The number of carbonyl (C=O) groups is 1. The van der Waals surface area contributed by atoms with Gasteiger partial charge in [0.05, 0.1) is 6.54 Å². The Kier molecular flexibility index (Phi) is 4.19. The molecule has 0 spiro atoms. The number of aromatic nitrogens is 2. The van der Waals surface area contributed by atoms with E-state index in [2.05, 4.69) is 15.5 Å². The minimum atomic E-state index is -0.166. The third kappa shape index (κ3) is 3.63. The molecule has 0 radical (unpaired) electrons. The highest BCUT2D eigenvalue weighted by Crippen LogP contribution is 2.18. The summed E-state index contributed by atoms with van der Waals surface area (Å²) >= 11 is 0. The molecular formula is C18H17N3O2. The van der Waals surface area contributed by atoms with Gasteiger partial charge in [-0.2, -0.15) is 0 Å². The third-order valence-electron chi connectivity index (χ3n) is 3.45. The molecule has 0 atom stereocenters. The van der Waals surface area contributed by atoms with Crippen LogP contribution in [0.3, 0.4) is 0 Å². The lowest BCUT2D eigenvalue weighted by Crippen LogP contribution is -2.22. The lowest BCUT2D eigenvalue weighted by molar-refractivity contribution is 0.0947. The summed E-state index contributed by atoms with van der Waals surface area (Å²) in [5, 5.41) is 10.8. The Labute approximate surface area is 134 Å². The first-order valence-corrected chi connectivity index (χ1v) is 7.36. The summed E-state index contributed by atoms with van der Waals surface area (Å²) in [6.45, 7) is 4.18. The van der Waals surface area contributed by atoms with E-state index < -0.39 is 0 Å². The Morgan fingerprint density at radius 2 is 1.83 bits per heavy atom. The molecule has 23 heavy (non-hydrogen) atoms. The van der Waals surface area contributed by atoms with Crippen molar-refractivity contribution in [3.8, 4) is 11.5 Å². The molecule has 116 valence electrons. The van der Waals surface area contributed by atoms with Gasteiger partial charge in [0.25, 0.3) is 5.91 Å². The van der Waals surface area contributed by atoms with Gasteiger partial charge in [-0.15, -0.1) is 10.2 Å². The van der Waals surface area contributed by atoms with Crippen molar-refractivity contribution >= 4 is 5.91 Å². The summed E-state index contributed by atoms with van der Waals surface area (Å²) in [4.78, 5) is 12.0. The molecule has 0 aliphatic heterocycles. The highest BCUT2D eigenvalue weighted by atomic mass is 16.4. The average molecular weight is 307 g/mol. The Morgan fingerprint density at radius 3 is 2.57 bits per heavy atom. The number of amides is 1. The summed E-state index contributed by atoms with van der Waals surface area (Å²) in [5.41, 5.74) is 3.71. The summed E-state index contributed by atoms with van der Waals surface area (Å²) in [7, 11) is 0. The Balaban J connectivity index is 1.65. The summed E-state index contributed by atoms with van der Waals surface area (Å²) in [5.74, 6) is 0.663. The third-order valence-corrected chi connectivity index (χ3v) is 3.45. The summed E-state index contributed by atoms with van der Waals surface area (Å²) in [6.07, 6.45) is 0. The molecule has 1 N–H and O–H groups in total. The largest absolute Gasteiger partial charge is 0.419 e. The van der Waals surface area contributed by atoms with E-state index >= 15 is 0 Å². The molecule has 0 aliphatic rings. The first-order chi connectivity index (χ1) is 11.1. The molecular weight excluding hydrogens is 290 g/mol. The molecule has 5 nitrogen and oxygen atoms in total. The Morgan fingerprint density at radius 1 is 1.04 bits per heavy atom. The van der Waals surface area contributed by atoms with Crippen molar-refractivity contribution in [1.29, 1.82) is 0 Å². The van der Waals surface area contributed by atoms with E-state index in [9.17, 15) is 4.79 Å². The fourth-order valence-electron chi connectivity index (χ4n) is 2.18. The number of hydrogen-bond acceptors (Lipinski definition) is 4. The van der Waals surface area contributed by atoms with E-state index in [1.165, 1.54) is 0 Å². The van der Waals surface area contributed by atoms with Crippen molar-refractivity contribution in [1.82, 2.24) is 15.5 Å². The van der Waals surface area contributed by atoms with Crippen LogP contribution in [0.25, 0.3) is 11.5 Å². The number of hydrogen-bond donors (Lipinski definition) is 1. The van der Waals surface area contributed by atoms with Crippen LogP contribution in [-0.4, -0.2) is 16.1 Å². The van der Waals surface area contributed by atoms with Crippen LogP contribution in [0.4, 0.5) is 0 Å². The van der Waals surface area contributed by atoms with Crippen molar-refractivity contribution < 1.29 is 9.21 Å². The van der Waals surface area contributed by atoms with Gasteiger partial charge in [0.1, 0.15) is 0 Å². The van der Waals surface area contributed by atoms with Gasteiger partial charge < -0.3 is 9.73 Å². The van der Waals surface area contributed by atoms with Crippen molar-refractivity contribution in [3.05, 3.63) is 71.1 Å². The van der Waals surface area contributed by atoms with Crippen LogP contribution in [0, 0.1) is 13.8 Å². The van der Waals surface area contributed by atoms with E-state index in [0.29, 0.717) is 17.3 Å². The molecule has 5 heteroatoms. The van der Waals surface area contributed by atoms with Gasteiger partial charge in [0, 0.05) is 11.1 Å². The standard InChI is InChI=1S/C18H17N3O2/c1-12-6-8-14(9-7-12)17(22)19-11-16-20-21-18(23-16)15-5-3-4-13(2)10-15/h3-10H,11H2,1-2H3,(H,19,22). The van der Waals surface area contributed by atoms with Gasteiger partial charge >= 0.3 is 0 Å². The van der Waals surface area contributed by atoms with Crippen molar-refractivity contribution in [2.24, 2.45) is 0 Å². The maximum Gasteiger partial charge on any atom is 0.251 e. The Hall–Kier alpha value is -2.95. The molecule has 1 amide bonds. The number of carbonyl (C=O) groups excluding carboxylic acids is 1. The lowest BCUT2D eigenvalue weighted by atomic mass is 10.1. The smallest absolute Gasteiger partial charge is 0.251 e. The van der Waals surface area contributed by atoms with Crippen LogP contribution in [0.1, 0.15) is 27.4 Å². The van der Waals surface area contributed by atoms with Gasteiger partial charge in [-0.25, -0.2) is 0 Å². The molecule has 3 rings (SSSR count). The van der Waals surface area contributed by atoms with E-state index in [-0.39, 0.29) is 12.5 Å². The monoisotopic (exact) mass is 307 g/mol. The number of aryl methyl sites for hydroxylation is 2. The summed E-state index contributed by atoms with van der Waals surface area (Å²) in [6, 6.07) is 15.2. The van der Waals surface area contributed by atoms with Crippen molar-refractivity contribution in [2.75, 3.05) is 0 Å². The zero-order valence-electron chi connectivity index (χ0n) is 13.0. The second-order valence-corrected chi connectivity index (χ2v) is 5.42. The maximum absolute atomic E-state index is 12.0. The predicted octanol–water partition coefficient (Wildman–Crippen LogP) is 3.28. The lowest BCUT2D eigenvalue weighted by Gasteiger charge is -2.02. The second-order valence-electron chi connectivity index (χ2n) is 5.42. The average Bonchev–Trinajstić information content (AvgIpc) is 3.02.